The first-order chi connectivity index (χ1) is 12.9. The molecule has 2 atom stereocenters. The molecule has 9 heteroatoms. The van der Waals surface area contributed by atoms with E-state index in [2.05, 4.69) is 15.3 Å². The number of nitrogens with zero attached hydrogens (tertiary/aromatic N) is 2. The predicted octanol–water partition coefficient (Wildman–Crippen LogP) is 3.02. The summed E-state index contributed by atoms with van der Waals surface area (Å²) in [7, 11) is -1.25. The highest BCUT2D eigenvalue weighted by atomic mass is 32.2. The fourth-order valence-corrected chi connectivity index (χ4v) is 4.56. The van der Waals surface area contributed by atoms with E-state index < -0.39 is 23.0 Å². The second kappa shape index (κ2) is 8.12. The Morgan fingerprint density at radius 3 is 2.89 bits per heavy atom. The number of aromatic nitrogens is 2. The number of carbonyl (C=O) groups is 1. The summed E-state index contributed by atoms with van der Waals surface area (Å²) in [6.07, 6.45) is 1.84. The van der Waals surface area contributed by atoms with Crippen molar-refractivity contribution in [3.63, 3.8) is 0 Å². The molecule has 0 spiro atoms. The van der Waals surface area contributed by atoms with Gasteiger partial charge in [-0.05, 0) is 31.5 Å². The van der Waals surface area contributed by atoms with Crippen molar-refractivity contribution in [1.82, 2.24) is 9.97 Å². The third-order valence-corrected chi connectivity index (χ3v) is 5.93. The highest BCUT2D eigenvalue weighted by Crippen LogP contribution is 2.32. The van der Waals surface area contributed by atoms with Gasteiger partial charge in [-0.2, -0.15) is 0 Å². The van der Waals surface area contributed by atoms with Crippen LogP contribution in [0.25, 0.3) is 10.2 Å². The van der Waals surface area contributed by atoms with Crippen LogP contribution in [-0.4, -0.2) is 38.1 Å². The number of aryl methyl sites for hydroxylation is 1. The van der Waals surface area contributed by atoms with Crippen molar-refractivity contribution in [2.45, 2.75) is 25.1 Å². The van der Waals surface area contributed by atoms with Gasteiger partial charge in [-0.15, -0.1) is 11.3 Å². The summed E-state index contributed by atoms with van der Waals surface area (Å²) in [5.41, 5.74) is 3.00. The van der Waals surface area contributed by atoms with Gasteiger partial charge < -0.3 is 15.2 Å². The van der Waals surface area contributed by atoms with Crippen LogP contribution in [0.1, 0.15) is 34.6 Å². The number of thiophene rings is 1. The van der Waals surface area contributed by atoms with Crippen molar-refractivity contribution < 1.29 is 18.8 Å². The third kappa shape index (κ3) is 4.00. The van der Waals surface area contributed by atoms with Crippen molar-refractivity contribution in [2.24, 2.45) is 0 Å². The van der Waals surface area contributed by atoms with Crippen LogP contribution in [0.3, 0.4) is 0 Å². The SMILES string of the molecule is CCOC(=O)c1ccc(C)c(NC(O)c2csc3c(S(C)=O)ncnc23)c1. The highest BCUT2D eigenvalue weighted by Gasteiger charge is 2.19. The van der Waals surface area contributed by atoms with Gasteiger partial charge in [0.1, 0.15) is 11.4 Å². The molecule has 0 saturated carbocycles. The zero-order valence-corrected chi connectivity index (χ0v) is 16.7. The molecular weight excluding hydrogens is 386 g/mol. The van der Waals surface area contributed by atoms with E-state index in [1.165, 1.54) is 17.7 Å². The maximum absolute atomic E-state index is 11.9. The quantitative estimate of drug-likeness (QED) is 0.369. The van der Waals surface area contributed by atoms with Crippen LogP contribution < -0.4 is 5.32 Å². The largest absolute Gasteiger partial charge is 0.462 e. The van der Waals surface area contributed by atoms with E-state index in [1.54, 1.807) is 36.8 Å². The maximum Gasteiger partial charge on any atom is 0.338 e. The summed E-state index contributed by atoms with van der Waals surface area (Å²) in [5, 5.41) is 15.9. The number of esters is 1. The number of nitrogens with one attached hydrogen (secondary N) is 1. The molecule has 0 aliphatic rings. The van der Waals surface area contributed by atoms with Gasteiger partial charge in [-0.3, -0.25) is 4.21 Å². The van der Waals surface area contributed by atoms with E-state index in [1.807, 2.05) is 6.92 Å². The van der Waals surface area contributed by atoms with Crippen molar-refractivity contribution in [3.8, 4) is 0 Å². The molecule has 3 rings (SSSR count). The predicted molar refractivity (Wildman–Crippen MR) is 105 cm³/mol. The second-order valence-electron chi connectivity index (χ2n) is 5.80. The van der Waals surface area contributed by atoms with E-state index in [-0.39, 0.29) is 0 Å². The van der Waals surface area contributed by atoms with Crippen molar-refractivity contribution in [2.75, 3.05) is 18.2 Å². The number of carbonyl (C=O) groups excluding carboxylic acids is 1. The lowest BCUT2D eigenvalue weighted by Gasteiger charge is -2.16. The molecule has 2 aromatic heterocycles. The average Bonchev–Trinajstić information content (AvgIpc) is 3.07. The third-order valence-electron chi connectivity index (χ3n) is 3.96. The molecule has 2 unspecified atom stereocenters. The van der Waals surface area contributed by atoms with Gasteiger partial charge in [-0.1, -0.05) is 6.07 Å². The molecule has 0 radical (unpaired) electrons. The number of aliphatic hydroxyl groups excluding tert-OH is 1. The first-order valence-electron chi connectivity index (χ1n) is 8.20. The van der Waals surface area contributed by atoms with Gasteiger partial charge in [0.25, 0.3) is 0 Å². The zero-order valence-electron chi connectivity index (χ0n) is 15.1. The van der Waals surface area contributed by atoms with Crippen LogP contribution in [-0.2, 0) is 15.5 Å². The first kappa shape index (κ1) is 19.4. The minimum absolute atomic E-state index is 0.291. The molecule has 3 aromatic rings. The molecule has 0 bridgehead atoms. The Balaban J connectivity index is 1.92. The van der Waals surface area contributed by atoms with Gasteiger partial charge >= 0.3 is 5.97 Å². The van der Waals surface area contributed by atoms with Crippen molar-refractivity contribution >= 4 is 44.0 Å². The number of rotatable bonds is 6. The van der Waals surface area contributed by atoms with E-state index in [0.717, 1.165) is 5.56 Å². The first-order valence-corrected chi connectivity index (χ1v) is 10.6. The summed E-state index contributed by atoms with van der Waals surface area (Å²) in [6, 6.07) is 5.11. The number of aliphatic hydroxyl groups is 1. The number of hydrogen-bond donors (Lipinski definition) is 2. The topological polar surface area (TPSA) is 101 Å². The lowest BCUT2D eigenvalue weighted by Crippen LogP contribution is -2.12. The summed E-state index contributed by atoms with van der Waals surface area (Å²) in [5.74, 6) is -0.418. The van der Waals surface area contributed by atoms with Gasteiger partial charge in [0.15, 0.2) is 6.23 Å². The molecule has 0 fully saturated rings. The maximum atomic E-state index is 11.9. The normalized spacial score (nSPS) is 13.3. The average molecular weight is 406 g/mol. The monoisotopic (exact) mass is 405 g/mol. The van der Waals surface area contributed by atoms with Gasteiger partial charge in [0, 0.05) is 22.9 Å². The molecule has 27 heavy (non-hydrogen) atoms. The van der Waals surface area contributed by atoms with Crippen LogP contribution in [0, 0.1) is 6.92 Å². The smallest absolute Gasteiger partial charge is 0.338 e. The molecule has 7 nitrogen and oxygen atoms in total. The molecule has 2 N–H and O–H groups in total. The van der Waals surface area contributed by atoms with Crippen LogP contribution in [0.15, 0.2) is 34.9 Å². The molecule has 142 valence electrons. The van der Waals surface area contributed by atoms with E-state index in [9.17, 15) is 14.1 Å². The van der Waals surface area contributed by atoms with E-state index in [0.29, 0.717) is 38.7 Å². The standard InChI is InChI=1S/C18H19N3O4S2/c1-4-25-18(23)11-6-5-10(2)13(7-11)21-16(22)12-8-26-15-14(12)19-9-20-17(15)27(3)24/h5-9,16,21-22H,4H2,1-3H3. The molecule has 0 saturated heterocycles. The second-order valence-corrected chi connectivity index (χ2v) is 7.97. The zero-order chi connectivity index (χ0) is 19.6. The van der Waals surface area contributed by atoms with Gasteiger partial charge in [-0.25, -0.2) is 14.8 Å². The number of ether oxygens (including phenoxy) is 1. The van der Waals surface area contributed by atoms with Crippen molar-refractivity contribution in [3.05, 3.63) is 46.6 Å². The highest BCUT2D eigenvalue weighted by molar-refractivity contribution is 7.84. The number of benzene rings is 1. The van der Waals surface area contributed by atoms with Crippen LogP contribution in [0.2, 0.25) is 0 Å². The molecule has 0 amide bonds. The fourth-order valence-electron chi connectivity index (χ4n) is 2.59. The van der Waals surface area contributed by atoms with Crippen LogP contribution in [0.5, 0.6) is 0 Å². The lowest BCUT2D eigenvalue weighted by atomic mass is 10.1. The molecule has 2 heterocycles. The molecular formula is C18H19N3O4S2. The number of anilines is 1. The minimum atomic E-state index is -1.25. The molecule has 1 aromatic carbocycles. The number of hydrogen-bond acceptors (Lipinski definition) is 8. The van der Waals surface area contributed by atoms with Crippen molar-refractivity contribution in [1.29, 1.82) is 0 Å². The summed E-state index contributed by atoms with van der Waals surface area (Å²) < 4.78 is 17.5. The van der Waals surface area contributed by atoms with Crippen LogP contribution >= 0.6 is 11.3 Å². The Morgan fingerprint density at radius 2 is 2.19 bits per heavy atom. The Bertz CT molecular complexity index is 1020. The molecule has 0 aliphatic carbocycles. The van der Waals surface area contributed by atoms with E-state index in [4.69, 9.17) is 4.74 Å². The van der Waals surface area contributed by atoms with Gasteiger partial charge in [0.2, 0.25) is 0 Å². The summed E-state index contributed by atoms with van der Waals surface area (Å²) in [4.78, 5) is 20.2. The Kier molecular flexibility index (Phi) is 5.83. The Morgan fingerprint density at radius 1 is 1.41 bits per heavy atom. The Hall–Kier alpha value is -2.36. The fraction of sp³-hybridized carbons (Fsp3) is 0.278. The minimum Gasteiger partial charge on any atom is -0.462 e. The summed E-state index contributed by atoms with van der Waals surface area (Å²) >= 11 is 1.33. The van der Waals surface area contributed by atoms with E-state index >= 15 is 0 Å². The van der Waals surface area contributed by atoms with Crippen LogP contribution in [0.4, 0.5) is 5.69 Å². The summed E-state index contributed by atoms with van der Waals surface area (Å²) in [6.45, 7) is 3.91. The Labute approximate surface area is 162 Å². The molecule has 0 aliphatic heterocycles. The number of fused-ring (bicyclic) bond motifs is 1. The lowest BCUT2D eigenvalue weighted by molar-refractivity contribution is 0.0526. The van der Waals surface area contributed by atoms with Gasteiger partial charge in [0.05, 0.1) is 33.2 Å².